The van der Waals surface area contributed by atoms with Gasteiger partial charge in [0.15, 0.2) is 0 Å². The minimum Gasteiger partial charge on any atom is -0.266 e. The van der Waals surface area contributed by atoms with Gasteiger partial charge in [-0.15, -0.1) is 0 Å². The van der Waals surface area contributed by atoms with Gasteiger partial charge in [-0.1, -0.05) is 6.92 Å². The van der Waals surface area contributed by atoms with Gasteiger partial charge in [0.2, 0.25) is 10.0 Å². The van der Waals surface area contributed by atoms with E-state index in [0.717, 1.165) is 5.56 Å². The standard InChI is InChI=1S/C15H18N4O3S/c1-3-15(6-7-15)23(21,22)18-14(20)13-10-12(17-19(13)2)11-4-8-16-9-5-11/h4-5,8-10H,3,6-7H2,1-2H3,(H,18,20). The molecule has 1 aliphatic carbocycles. The minimum absolute atomic E-state index is 0.201. The summed E-state index contributed by atoms with van der Waals surface area (Å²) in [6.07, 6.45) is 4.96. The Kier molecular flexibility index (Phi) is 3.71. The number of pyridine rings is 1. The maximum absolute atomic E-state index is 12.4. The highest BCUT2D eigenvalue weighted by Gasteiger charge is 2.53. The number of sulfonamides is 1. The first-order chi connectivity index (χ1) is 10.9. The van der Waals surface area contributed by atoms with Gasteiger partial charge in [-0.2, -0.15) is 5.10 Å². The van der Waals surface area contributed by atoms with E-state index >= 15 is 0 Å². The van der Waals surface area contributed by atoms with Crippen LogP contribution >= 0.6 is 0 Å². The summed E-state index contributed by atoms with van der Waals surface area (Å²) in [6.45, 7) is 1.82. The topological polar surface area (TPSA) is 93.9 Å². The van der Waals surface area contributed by atoms with Gasteiger partial charge in [0.05, 0.1) is 10.4 Å². The molecule has 0 aliphatic heterocycles. The van der Waals surface area contributed by atoms with E-state index in [9.17, 15) is 13.2 Å². The van der Waals surface area contributed by atoms with E-state index in [1.807, 2.05) is 6.92 Å². The summed E-state index contributed by atoms with van der Waals surface area (Å²) in [5.74, 6) is -0.653. The van der Waals surface area contributed by atoms with Crippen molar-refractivity contribution in [2.24, 2.45) is 7.05 Å². The lowest BCUT2D eigenvalue weighted by atomic mass is 10.2. The molecule has 0 atom stereocenters. The zero-order valence-electron chi connectivity index (χ0n) is 13.0. The maximum atomic E-state index is 12.4. The first-order valence-electron chi connectivity index (χ1n) is 7.40. The van der Waals surface area contributed by atoms with Crippen LogP contribution in [0.5, 0.6) is 0 Å². The molecule has 2 aromatic heterocycles. The molecule has 0 unspecified atom stereocenters. The van der Waals surface area contributed by atoms with Crippen molar-refractivity contribution < 1.29 is 13.2 Å². The van der Waals surface area contributed by atoms with Crippen molar-refractivity contribution >= 4 is 15.9 Å². The van der Waals surface area contributed by atoms with E-state index < -0.39 is 20.7 Å². The number of amides is 1. The van der Waals surface area contributed by atoms with Crippen LogP contribution in [-0.4, -0.2) is 33.8 Å². The van der Waals surface area contributed by atoms with Crippen molar-refractivity contribution in [3.05, 3.63) is 36.3 Å². The summed E-state index contributed by atoms with van der Waals surface area (Å²) < 4.78 is 27.5. The Hall–Kier alpha value is -2.22. The SMILES string of the molecule is CCC1(S(=O)(=O)NC(=O)c2cc(-c3ccncc3)nn2C)CC1. The lowest BCUT2D eigenvalue weighted by Gasteiger charge is -2.14. The third-order valence-corrected chi connectivity index (χ3v) is 6.63. The number of nitrogens with zero attached hydrogens (tertiary/aromatic N) is 3. The molecule has 0 saturated heterocycles. The molecule has 1 N–H and O–H groups in total. The zero-order chi connectivity index (χ0) is 16.7. The average Bonchev–Trinajstić information content (AvgIpc) is 3.25. The highest BCUT2D eigenvalue weighted by molar-refractivity contribution is 7.91. The fourth-order valence-corrected chi connectivity index (χ4v) is 4.16. The molecule has 1 saturated carbocycles. The summed E-state index contributed by atoms with van der Waals surface area (Å²) in [5, 5.41) is 4.26. The fraction of sp³-hybridized carbons (Fsp3) is 0.400. The molecule has 1 amide bonds. The van der Waals surface area contributed by atoms with E-state index in [4.69, 9.17) is 0 Å². The third-order valence-electron chi connectivity index (χ3n) is 4.34. The van der Waals surface area contributed by atoms with E-state index in [1.54, 1.807) is 37.6 Å². The molecule has 0 radical (unpaired) electrons. The van der Waals surface area contributed by atoms with Gasteiger partial charge in [0, 0.05) is 25.0 Å². The van der Waals surface area contributed by atoms with Gasteiger partial charge >= 0.3 is 0 Å². The molecule has 0 aromatic carbocycles. The molecule has 2 aromatic rings. The number of carbonyl (C=O) groups excluding carboxylic acids is 1. The number of nitrogens with one attached hydrogen (secondary N) is 1. The number of carbonyl (C=O) groups is 1. The van der Waals surface area contributed by atoms with E-state index in [2.05, 4.69) is 14.8 Å². The van der Waals surface area contributed by atoms with Crippen molar-refractivity contribution in [2.75, 3.05) is 0 Å². The first kappa shape index (κ1) is 15.7. The van der Waals surface area contributed by atoms with Gasteiger partial charge in [0.1, 0.15) is 5.69 Å². The Morgan fingerprint density at radius 1 is 1.35 bits per heavy atom. The molecule has 7 nitrogen and oxygen atoms in total. The molecular formula is C15H18N4O3S. The van der Waals surface area contributed by atoms with Gasteiger partial charge in [-0.25, -0.2) is 13.1 Å². The van der Waals surface area contributed by atoms with Gasteiger partial charge in [-0.3, -0.25) is 14.5 Å². The molecule has 0 bridgehead atoms. The van der Waals surface area contributed by atoms with E-state index in [0.29, 0.717) is 25.0 Å². The summed E-state index contributed by atoms with van der Waals surface area (Å²) in [4.78, 5) is 16.3. The van der Waals surface area contributed by atoms with Crippen LogP contribution in [0.3, 0.4) is 0 Å². The monoisotopic (exact) mass is 334 g/mol. The maximum Gasteiger partial charge on any atom is 0.283 e. The molecule has 8 heteroatoms. The van der Waals surface area contributed by atoms with Crippen LogP contribution in [0, 0.1) is 0 Å². The number of rotatable bonds is 5. The lowest BCUT2D eigenvalue weighted by molar-refractivity contribution is 0.0971. The molecular weight excluding hydrogens is 316 g/mol. The molecule has 3 rings (SSSR count). The average molecular weight is 334 g/mol. The highest BCUT2D eigenvalue weighted by Crippen LogP contribution is 2.45. The molecule has 23 heavy (non-hydrogen) atoms. The van der Waals surface area contributed by atoms with Crippen LogP contribution in [0.25, 0.3) is 11.3 Å². The Morgan fingerprint density at radius 2 is 2.00 bits per heavy atom. The van der Waals surface area contributed by atoms with E-state index in [1.165, 1.54) is 4.68 Å². The fourth-order valence-electron chi connectivity index (χ4n) is 2.58. The number of aromatic nitrogens is 3. The molecule has 122 valence electrons. The molecule has 1 fully saturated rings. The van der Waals surface area contributed by atoms with E-state index in [-0.39, 0.29) is 5.69 Å². The van der Waals surface area contributed by atoms with Crippen molar-refractivity contribution in [1.29, 1.82) is 0 Å². The van der Waals surface area contributed by atoms with Gasteiger partial charge in [0.25, 0.3) is 5.91 Å². The van der Waals surface area contributed by atoms with Crippen molar-refractivity contribution in [3.8, 4) is 11.3 Å². The van der Waals surface area contributed by atoms with Crippen LogP contribution < -0.4 is 4.72 Å². The van der Waals surface area contributed by atoms with Crippen LogP contribution in [0.2, 0.25) is 0 Å². The quantitative estimate of drug-likeness (QED) is 0.894. The largest absolute Gasteiger partial charge is 0.283 e. The van der Waals surface area contributed by atoms with Crippen LogP contribution in [-0.2, 0) is 17.1 Å². The van der Waals surface area contributed by atoms with Gasteiger partial charge in [-0.05, 0) is 37.5 Å². The Morgan fingerprint density at radius 3 is 2.57 bits per heavy atom. The number of hydrogen-bond donors (Lipinski definition) is 1. The van der Waals surface area contributed by atoms with Crippen molar-refractivity contribution in [3.63, 3.8) is 0 Å². The predicted molar refractivity (Wildman–Crippen MR) is 85.1 cm³/mol. The summed E-state index contributed by atoms with van der Waals surface area (Å²) in [6, 6.07) is 5.12. The molecule has 0 spiro atoms. The smallest absolute Gasteiger partial charge is 0.266 e. The van der Waals surface area contributed by atoms with Crippen molar-refractivity contribution in [2.45, 2.75) is 30.9 Å². The van der Waals surface area contributed by atoms with Crippen molar-refractivity contribution in [1.82, 2.24) is 19.5 Å². The highest BCUT2D eigenvalue weighted by atomic mass is 32.2. The number of hydrogen-bond acceptors (Lipinski definition) is 5. The van der Waals surface area contributed by atoms with Gasteiger partial charge < -0.3 is 0 Å². The summed E-state index contributed by atoms with van der Waals surface area (Å²) in [7, 11) is -2.06. The van der Waals surface area contributed by atoms with Crippen LogP contribution in [0.15, 0.2) is 30.6 Å². The van der Waals surface area contributed by atoms with Crippen LogP contribution in [0.4, 0.5) is 0 Å². The summed E-state index contributed by atoms with van der Waals surface area (Å²) >= 11 is 0. The second kappa shape index (κ2) is 5.45. The lowest BCUT2D eigenvalue weighted by Crippen LogP contribution is -2.40. The second-order valence-electron chi connectivity index (χ2n) is 5.75. The Bertz CT molecular complexity index is 839. The normalized spacial score (nSPS) is 16.1. The molecule has 1 aliphatic rings. The Balaban J connectivity index is 1.85. The minimum atomic E-state index is -3.67. The number of aryl methyl sites for hydroxylation is 1. The summed E-state index contributed by atoms with van der Waals surface area (Å²) in [5.41, 5.74) is 1.60. The first-order valence-corrected chi connectivity index (χ1v) is 8.88. The van der Waals surface area contributed by atoms with Crippen LogP contribution in [0.1, 0.15) is 36.7 Å². The molecule has 2 heterocycles. The zero-order valence-corrected chi connectivity index (χ0v) is 13.8. The third kappa shape index (κ3) is 2.74. The second-order valence-corrected chi connectivity index (χ2v) is 7.82. The predicted octanol–water partition coefficient (Wildman–Crippen LogP) is 1.48. The Labute approximate surface area is 134 Å².